The number of fused-ring (bicyclic) bond motifs is 5. The van der Waals surface area contributed by atoms with Crippen molar-refractivity contribution < 1.29 is 19.7 Å². The lowest BCUT2D eigenvalue weighted by molar-refractivity contribution is -0.191. The first-order valence-electron chi connectivity index (χ1n) is 10.6. The van der Waals surface area contributed by atoms with E-state index in [1.165, 1.54) is 5.57 Å². The first-order valence-corrected chi connectivity index (χ1v) is 10.6. The van der Waals surface area contributed by atoms with Crippen molar-refractivity contribution in [1.29, 1.82) is 0 Å². The fourth-order valence-electron chi connectivity index (χ4n) is 7.58. The predicted molar refractivity (Wildman–Crippen MR) is 102 cm³/mol. The maximum absolute atomic E-state index is 11.8. The van der Waals surface area contributed by atoms with Crippen LogP contribution in [-0.2, 0) is 0 Å². The Bertz CT molecular complexity index is 754. The monoisotopic (exact) mass is 372 g/mol. The van der Waals surface area contributed by atoms with Crippen molar-refractivity contribution in [3.8, 4) is 0 Å². The van der Waals surface area contributed by atoms with Crippen molar-refractivity contribution in [1.82, 2.24) is 0 Å². The van der Waals surface area contributed by atoms with E-state index < -0.39 is 17.1 Å². The van der Waals surface area contributed by atoms with Crippen LogP contribution in [0.4, 0.5) is 0 Å². The standard InChI is InChI=1S/C23H32O4/c1-21-9-7-16-17(23(21,26)10-8-20(21)25)6-5-14-12-15(24)13-18(22(14,16)2)19-4-3-11-27-19/h3-5,11,15-18,20,24-26H,6-10,12-13H2,1-2H3/t15-,16+,17-,18+,20-,21-,22+,23+/m1/s1. The third-order valence-electron chi connectivity index (χ3n) is 9.25. The lowest BCUT2D eigenvalue weighted by Gasteiger charge is -2.62. The molecule has 3 fully saturated rings. The van der Waals surface area contributed by atoms with Gasteiger partial charge in [-0.25, -0.2) is 0 Å². The maximum atomic E-state index is 11.8. The smallest absolute Gasteiger partial charge is 0.107 e. The number of aliphatic hydroxyl groups excluding tert-OH is 2. The second-order valence-electron chi connectivity index (χ2n) is 10.1. The topological polar surface area (TPSA) is 73.8 Å². The Kier molecular flexibility index (Phi) is 3.80. The van der Waals surface area contributed by atoms with E-state index in [2.05, 4.69) is 19.9 Å². The molecule has 1 aromatic rings. The van der Waals surface area contributed by atoms with Crippen LogP contribution < -0.4 is 0 Å². The molecule has 1 aromatic heterocycles. The van der Waals surface area contributed by atoms with Gasteiger partial charge in [-0.15, -0.1) is 0 Å². The zero-order valence-electron chi connectivity index (χ0n) is 16.4. The van der Waals surface area contributed by atoms with Gasteiger partial charge in [-0.2, -0.15) is 0 Å². The number of aliphatic hydroxyl groups is 3. The lowest BCUT2D eigenvalue weighted by Crippen LogP contribution is -2.62. The second kappa shape index (κ2) is 5.71. The van der Waals surface area contributed by atoms with Gasteiger partial charge in [-0.3, -0.25) is 0 Å². The molecule has 0 amide bonds. The highest BCUT2D eigenvalue weighted by Crippen LogP contribution is 2.68. The molecule has 148 valence electrons. The summed E-state index contributed by atoms with van der Waals surface area (Å²) in [6.07, 6.45) is 8.85. The normalized spacial score (nSPS) is 51.9. The Balaban J connectivity index is 1.61. The van der Waals surface area contributed by atoms with E-state index in [0.29, 0.717) is 25.2 Å². The fourth-order valence-corrected chi connectivity index (χ4v) is 7.58. The molecule has 0 saturated heterocycles. The molecule has 4 aliphatic rings. The Morgan fingerprint density at radius 1 is 1.11 bits per heavy atom. The highest BCUT2D eigenvalue weighted by atomic mass is 16.3. The molecule has 3 saturated carbocycles. The van der Waals surface area contributed by atoms with Crippen LogP contribution in [0.25, 0.3) is 0 Å². The Morgan fingerprint density at radius 3 is 2.67 bits per heavy atom. The van der Waals surface area contributed by atoms with Gasteiger partial charge in [0.05, 0.1) is 24.1 Å². The van der Waals surface area contributed by atoms with Gasteiger partial charge in [0.1, 0.15) is 5.76 Å². The second-order valence-corrected chi connectivity index (χ2v) is 10.1. The molecule has 0 aromatic carbocycles. The lowest BCUT2D eigenvalue weighted by atomic mass is 9.44. The molecule has 0 bridgehead atoms. The van der Waals surface area contributed by atoms with Gasteiger partial charge in [0.2, 0.25) is 0 Å². The van der Waals surface area contributed by atoms with Crippen LogP contribution in [-0.4, -0.2) is 33.1 Å². The average molecular weight is 373 g/mol. The van der Waals surface area contributed by atoms with Crippen molar-refractivity contribution in [2.75, 3.05) is 0 Å². The summed E-state index contributed by atoms with van der Waals surface area (Å²) < 4.78 is 5.82. The molecule has 3 N–H and O–H groups in total. The molecule has 0 aliphatic heterocycles. The molecule has 4 heteroatoms. The molecule has 0 unspecified atom stereocenters. The summed E-state index contributed by atoms with van der Waals surface area (Å²) in [5.41, 5.74) is 0.0357. The maximum Gasteiger partial charge on any atom is 0.107 e. The van der Waals surface area contributed by atoms with Gasteiger partial charge in [0, 0.05) is 16.7 Å². The van der Waals surface area contributed by atoms with E-state index >= 15 is 0 Å². The first kappa shape index (κ1) is 18.0. The quantitative estimate of drug-likeness (QED) is 0.656. The van der Waals surface area contributed by atoms with Crippen LogP contribution in [0.2, 0.25) is 0 Å². The van der Waals surface area contributed by atoms with Gasteiger partial charge in [0.15, 0.2) is 0 Å². The molecule has 0 spiro atoms. The third-order valence-corrected chi connectivity index (χ3v) is 9.25. The van der Waals surface area contributed by atoms with Crippen molar-refractivity contribution in [3.05, 3.63) is 35.8 Å². The van der Waals surface area contributed by atoms with Crippen LogP contribution in [0, 0.1) is 22.7 Å². The van der Waals surface area contributed by atoms with Gasteiger partial charge >= 0.3 is 0 Å². The molecule has 0 radical (unpaired) electrons. The molecule has 1 heterocycles. The molecular weight excluding hydrogens is 340 g/mol. The van der Waals surface area contributed by atoms with E-state index in [0.717, 1.165) is 31.4 Å². The highest BCUT2D eigenvalue weighted by Gasteiger charge is 2.67. The van der Waals surface area contributed by atoms with Crippen LogP contribution in [0.1, 0.15) is 70.5 Å². The zero-order valence-corrected chi connectivity index (χ0v) is 16.4. The number of allylic oxidation sites excluding steroid dienone is 1. The molecular formula is C23H32O4. The van der Waals surface area contributed by atoms with Crippen molar-refractivity contribution in [3.63, 3.8) is 0 Å². The fraction of sp³-hybridized carbons (Fsp3) is 0.739. The van der Waals surface area contributed by atoms with Crippen molar-refractivity contribution >= 4 is 0 Å². The van der Waals surface area contributed by atoms with Gasteiger partial charge < -0.3 is 19.7 Å². The molecule has 5 rings (SSSR count). The minimum absolute atomic E-state index is 0.107. The largest absolute Gasteiger partial charge is 0.469 e. The van der Waals surface area contributed by atoms with Crippen LogP contribution in [0.3, 0.4) is 0 Å². The summed E-state index contributed by atoms with van der Waals surface area (Å²) in [5, 5.41) is 33.0. The summed E-state index contributed by atoms with van der Waals surface area (Å²) in [6.45, 7) is 4.43. The summed E-state index contributed by atoms with van der Waals surface area (Å²) >= 11 is 0. The minimum atomic E-state index is -0.801. The van der Waals surface area contributed by atoms with Gasteiger partial charge in [-0.05, 0) is 68.9 Å². The van der Waals surface area contributed by atoms with Crippen LogP contribution >= 0.6 is 0 Å². The van der Waals surface area contributed by atoms with Crippen molar-refractivity contribution in [2.24, 2.45) is 22.7 Å². The number of rotatable bonds is 1. The van der Waals surface area contributed by atoms with Crippen LogP contribution in [0.5, 0.6) is 0 Å². The molecule has 4 aliphatic carbocycles. The van der Waals surface area contributed by atoms with Crippen molar-refractivity contribution in [2.45, 2.75) is 82.5 Å². The summed E-state index contributed by atoms with van der Waals surface area (Å²) in [4.78, 5) is 0. The SMILES string of the molecule is C[C@]12C(=CC[C@@H]3[C@@H]1CC[C@]1(C)[C@H](O)CC[C@]31O)C[C@@H](O)C[C@H]2c1ccco1. The zero-order chi connectivity index (χ0) is 19.0. The molecule has 4 nitrogen and oxygen atoms in total. The summed E-state index contributed by atoms with van der Waals surface area (Å²) in [7, 11) is 0. The van der Waals surface area contributed by atoms with Gasteiger partial charge in [0.25, 0.3) is 0 Å². The minimum Gasteiger partial charge on any atom is -0.469 e. The Hall–Kier alpha value is -1.10. The van der Waals surface area contributed by atoms with E-state index in [1.807, 2.05) is 12.1 Å². The average Bonchev–Trinajstić information content (AvgIpc) is 3.24. The summed E-state index contributed by atoms with van der Waals surface area (Å²) in [5.74, 6) is 1.60. The number of furan rings is 1. The van der Waals surface area contributed by atoms with Crippen LogP contribution in [0.15, 0.2) is 34.5 Å². The molecule has 27 heavy (non-hydrogen) atoms. The highest BCUT2D eigenvalue weighted by molar-refractivity contribution is 5.33. The third kappa shape index (κ3) is 2.15. The molecule has 8 atom stereocenters. The Morgan fingerprint density at radius 2 is 1.93 bits per heavy atom. The predicted octanol–water partition coefficient (Wildman–Crippen LogP) is 3.77. The summed E-state index contributed by atoms with van der Waals surface area (Å²) in [6, 6.07) is 3.97. The van der Waals surface area contributed by atoms with E-state index in [1.54, 1.807) is 6.26 Å². The van der Waals surface area contributed by atoms with E-state index in [9.17, 15) is 15.3 Å². The number of hydrogen-bond acceptors (Lipinski definition) is 4. The first-order chi connectivity index (χ1) is 12.8. The van der Waals surface area contributed by atoms with E-state index in [4.69, 9.17) is 4.42 Å². The van der Waals surface area contributed by atoms with Gasteiger partial charge in [-0.1, -0.05) is 25.5 Å². The Labute approximate surface area is 161 Å². The van der Waals surface area contributed by atoms with E-state index in [-0.39, 0.29) is 23.4 Å². The number of hydrogen-bond donors (Lipinski definition) is 3.